The third-order valence-corrected chi connectivity index (χ3v) is 6.30. The number of hydrogen-bond acceptors (Lipinski definition) is 5. The molecule has 6 heteroatoms. The molecule has 0 spiro atoms. The minimum absolute atomic E-state index is 0.312. The van der Waals surface area contributed by atoms with Crippen molar-refractivity contribution in [3.05, 3.63) is 28.2 Å². The molecular weight excluding hydrogens is 336 g/mol. The first-order valence-corrected chi connectivity index (χ1v) is 9.64. The average molecular weight is 357 g/mol. The number of carbonyl (C=O) groups is 2. The fourth-order valence-corrected chi connectivity index (χ4v) is 4.94. The largest absolute Gasteiger partial charge is 0.550 e. The van der Waals surface area contributed by atoms with E-state index in [-0.39, 0.29) is 5.91 Å². The van der Waals surface area contributed by atoms with E-state index in [2.05, 4.69) is 11.4 Å². The minimum Gasteiger partial charge on any atom is -0.550 e. The second kappa shape index (κ2) is 7.83. The Balaban J connectivity index is 1.83. The molecule has 2 aliphatic carbocycles. The Morgan fingerprint density at radius 3 is 2.48 bits per heavy atom. The molecule has 3 rings (SSSR count). The number of carboxylic acid groups (broad SMARTS) is 1. The van der Waals surface area contributed by atoms with Gasteiger partial charge in [-0.3, -0.25) is 4.79 Å². The number of anilines is 1. The highest BCUT2D eigenvalue weighted by Gasteiger charge is 2.31. The van der Waals surface area contributed by atoms with Crippen molar-refractivity contribution in [3.8, 4) is 6.07 Å². The molecule has 132 valence electrons. The lowest BCUT2D eigenvalue weighted by Crippen LogP contribution is -2.41. The van der Waals surface area contributed by atoms with Gasteiger partial charge in [-0.05, 0) is 44.1 Å². The number of allylic oxidation sites excluding steroid dienone is 2. The van der Waals surface area contributed by atoms with E-state index in [1.54, 1.807) is 6.08 Å². The molecule has 0 saturated carbocycles. The maximum Gasteiger partial charge on any atom is 0.229 e. The van der Waals surface area contributed by atoms with E-state index in [4.69, 9.17) is 0 Å². The predicted octanol–water partition coefficient (Wildman–Crippen LogP) is 2.55. The van der Waals surface area contributed by atoms with Gasteiger partial charge in [0.05, 0.1) is 11.5 Å². The van der Waals surface area contributed by atoms with Crippen LogP contribution in [0.25, 0.3) is 0 Å². The van der Waals surface area contributed by atoms with Crippen LogP contribution in [0.5, 0.6) is 0 Å². The van der Waals surface area contributed by atoms with E-state index in [0.717, 1.165) is 31.2 Å². The van der Waals surface area contributed by atoms with Crippen molar-refractivity contribution >= 4 is 28.2 Å². The highest BCUT2D eigenvalue weighted by molar-refractivity contribution is 7.16. The Morgan fingerprint density at radius 1 is 1.12 bits per heavy atom. The molecule has 0 aliphatic heterocycles. The molecule has 5 nitrogen and oxygen atoms in total. The highest BCUT2D eigenvalue weighted by Crippen LogP contribution is 2.37. The first kappa shape index (κ1) is 17.7. The van der Waals surface area contributed by atoms with Gasteiger partial charge in [0.1, 0.15) is 11.1 Å². The SMILES string of the molecule is N#Cc1c(NC(=O)[C@@H]2CC=CC[C@H]2C(=O)[O-])sc2c1CCCCCC2. The molecule has 1 aromatic heterocycles. The van der Waals surface area contributed by atoms with Gasteiger partial charge in [0, 0.05) is 16.8 Å². The maximum absolute atomic E-state index is 12.7. The number of amides is 1. The number of nitrogens with zero attached hydrogens (tertiary/aromatic N) is 1. The third kappa shape index (κ3) is 3.77. The van der Waals surface area contributed by atoms with Crippen LogP contribution in [-0.4, -0.2) is 11.9 Å². The Kier molecular flexibility index (Phi) is 5.54. The molecule has 0 fully saturated rings. The molecule has 0 aromatic carbocycles. The number of rotatable bonds is 3. The number of nitriles is 1. The van der Waals surface area contributed by atoms with Crippen molar-refractivity contribution in [2.75, 3.05) is 5.32 Å². The molecule has 0 bridgehead atoms. The fourth-order valence-electron chi connectivity index (χ4n) is 3.69. The molecule has 0 saturated heterocycles. The van der Waals surface area contributed by atoms with Crippen LogP contribution in [0, 0.1) is 23.2 Å². The van der Waals surface area contributed by atoms with Crippen molar-refractivity contribution in [2.45, 2.75) is 51.4 Å². The molecule has 0 radical (unpaired) electrons. The summed E-state index contributed by atoms with van der Waals surface area (Å²) in [6, 6.07) is 2.25. The second-order valence-electron chi connectivity index (χ2n) is 6.70. The molecule has 1 aromatic rings. The van der Waals surface area contributed by atoms with Crippen LogP contribution in [0.1, 0.15) is 54.5 Å². The quantitative estimate of drug-likeness (QED) is 0.841. The Morgan fingerprint density at radius 2 is 1.80 bits per heavy atom. The van der Waals surface area contributed by atoms with E-state index in [9.17, 15) is 20.0 Å². The lowest BCUT2D eigenvalue weighted by atomic mass is 9.82. The smallest absolute Gasteiger partial charge is 0.229 e. The molecule has 2 aliphatic rings. The average Bonchev–Trinajstić information content (AvgIpc) is 2.90. The summed E-state index contributed by atoms with van der Waals surface area (Å²) in [6.07, 6.45) is 10.7. The van der Waals surface area contributed by atoms with Crippen LogP contribution >= 0.6 is 11.3 Å². The van der Waals surface area contributed by atoms with Gasteiger partial charge >= 0.3 is 0 Å². The van der Waals surface area contributed by atoms with Gasteiger partial charge in [-0.1, -0.05) is 25.0 Å². The molecule has 1 N–H and O–H groups in total. The summed E-state index contributed by atoms with van der Waals surface area (Å²) in [5.74, 6) is -2.98. The van der Waals surface area contributed by atoms with E-state index in [1.165, 1.54) is 29.1 Å². The summed E-state index contributed by atoms with van der Waals surface area (Å²) in [5.41, 5.74) is 1.63. The summed E-state index contributed by atoms with van der Waals surface area (Å²) in [5, 5.41) is 24.3. The van der Waals surface area contributed by atoms with Crippen molar-refractivity contribution in [1.29, 1.82) is 5.26 Å². The highest BCUT2D eigenvalue weighted by atomic mass is 32.1. The van der Waals surface area contributed by atoms with Gasteiger partial charge in [0.2, 0.25) is 5.91 Å². The molecule has 2 atom stereocenters. The molecular formula is C19H21N2O3S-. The van der Waals surface area contributed by atoms with Crippen LogP contribution in [0.3, 0.4) is 0 Å². The first-order valence-electron chi connectivity index (χ1n) is 8.83. The van der Waals surface area contributed by atoms with Gasteiger partial charge in [-0.2, -0.15) is 5.26 Å². The van der Waals surface area contributed by atoms with Crippen LogP contribution in [-0.2, 0) is 22.4 Å². The number of carboxylic acids is 1. The zero-order valence-electron chi connectivity index (χ0n) is 14.0. The van der Waals surface area contributed by atoms with E-state index in [1.807, 2.05) is 6.08 Å². The van der Waals surface area contributed by atoms with Crippen LogP contribution in [0.2, 0.25) is 0 Å². The molecule has 25 heavy (non-hydrogen) atoms. The summed E-state index contributed by atoms with van der Waals surface area (Å²) in [6.45, 7) is 0. The van der Waals surface area contributed by atoms with Crippen molar-refractivity contribution in [3.63, 3.8) is 0 Å². The summed E-state index contributed by atoms with van der Waals surface area (Å²) in [7, 11) is 0. The predicted molar refractivity (Wildman–Crippen MR) is 93.9 cm³/mol. The zero-order chi connectivity index (χ0) is 17.8. The topological polar surface area (TPSA) is 93.0 Å². The zero-order valence-corrected chi connectivity index (χ0v) is 14.9. The van der Waals surface area contributed by atoms with Gasteiger partial charge < -0.3 is 15.2 Å². The lowest BCUT2D eigenvalue weighted by molar-refractivity contribution is -0.313. The maximum atomic E-state index is 12.7. The number of aryl methyl sites for hydroxylation is 1. The number of hydrogen-bond donors (Lipinski definition) is 1. The summed E-state index contributed by atoms with van der Waals surface area (Å²) < 4.78 is 0. The van der Waals surface area contributed by atoms with Gasteiger partial charge in [0.25, 0.3) is 0 Å². The normalized spacial score (nSPS) is 23.0. The minimum atomic E-state index is -1.19. The second-order valence-corrected chi connectivity index (χ2v) is 7.80. The van der Waals surface area contributed by atoms with Gasteiger partial charge in [-0.15, -0.1) is 11.3 Å². The number of fused-ring (bicyclic) bond motifs is 1. The van der Waals surface area contributed by atoms with E-state index < -0.39 is 17.8 Å². The van der Waals surface area contributed by atoms with Gasteiger partial charge in [0.15, 0.2) is 0 Å². The van der Waals surface area contributed by atoms with Crippen LogP contribution in [0.15, 0.2) is 12.2 Å². The van der Waals surface area contributed by atoms with Crippen molar-refractivity contribution in [1.82, 2.24) is 0 Å². The molecule has 1 amide bonds. The molecule has 1 heterocycles. The number of nitrogens with one attached hydrogen (secondary N) is 1. The summed E-state index contributed by atoms with van der Waals surface area (Å²) in [4.78, 5) is 25.2. The Hall–Kier alpha value is -2.13. The third-order valence-electron chi connectivity index (χ3n) is 5.09. The first-order chi connectivity index (χ1) is 12.1. The van der Waals surface area contributed by atoms with E-state index in [0.29, 0.717) is 23.4 Å². The molecule has 0 unspecified atom stereocenters. The van der Waals surface area contributed by atoms with Crippen LogP contribution in [0.4, 0.5) is 5.00 Å². The Bertz CT molecular complexity index is 745. The monoisotopic (exact) mass is 357 g/mol. The van der Waals surface area contributed by atoms with Crippen molar-refractivity contribution in [2.24, 2.45) is 11.8 Å². The van der Waals surface area contributed by atoms with E-state index >= 15 is 0 Å². The summed E-state index contributed by atoms with van der Waals surface area (Å²) >= 11 is 1.48. The Labute approximate surface area is 151 Å². The number of aliphatic carboxylic acids is 1. The number of carbonyl (C=O) groups excluding carboxylic acids is 2. The van der Waals surface area contributed by atoms with Crippen molar-refractivity contribution < 1.29 is 14.7 Å². The van der Waals surface area contributed by atoms with Crippen LogP contribution < -0.4 is 10.4 Å². The lowest BCUT2D eigenvalue weighted by Gasteiger charge is -2.28. The fraction of sp³-hybridized carbons (Fsp3) is 0.526. The van der Waals surface area contributed by atoms with Gasteiger partial charge in [-0.25, -0.2) is 0 Å². The number of thiophene rings is 1. The standard InChI is InChI=1S/C19H22N2O3S/c20-11-15-12-7-3-1-2-4-10-16(12)25-18(15)21-17(22)13-8-5-6-9-14(13)19(23)24/h5-6,13-14H,1-4,7-10H2,(H,21,22)(H,23,24)/p-1/t13-,14-/m1/s1.